The van der Waals surface area contributed by atoms with E-state index in [0.717, 1.165) is 11.4 Å². The third-order valence-corrected chi connectivity index (χ3v) is 2.88. The number of halogens is 1. The zero-order chi connectivity index (χ0) is 13.4. The fourth-order valence-electron chi connectivity index (χ4n) is 1.77. The molecule has 3 rings (SSSR count). The number of aromatic nitrogens is 7. The molecule has 3 heterocycles. The summed E-state index contributed by atoms with van der Waals surface area (Å²) in [6, 6.07) is 3.64. The molecule has 0 saturated heterocycles. The third-order valence-electron chi connectivity index (χ3n) is 2.71. The average Bonchev–Trinajstić information content (AvgIpc) is 2.97. The first-order valence-electron chi connectivity index (χ1n) is 5.53. The van der Waals surface area contributed by atoms with Gasteiger partial charge in [-0.05, 0) is 23.7 Å². The molecule has 0 saturated carbocycles. The molecule has 3 aromatic heterocycles. The zero-order valence-electron chi connectivity index (χ0n) is 10.3. The second kappa shape index (κ2) is 4.43. The first-order chi connectivity index (χ1) is 9.15. The molecule has 0 fully saturated rings. The molecule has 0 aliphatic carbocycles. The molecule has 0 bridgehead atoms. The largest absolute Gasteiger partial charge is 0.265 e. The summed E-state index contributed by atoms with van der Waals surface area (Å²) in [6.07, 6.45) is 3.35. The normalized spacial score (nSPS) is 10.9. The predicted molar refractivity (Wildman–Crippen MR) is 69.2 cm³/mol. The van der Waals surface area contributed by atoms with Crippen molar-refractivity contribution in [3.8, 4) is 23.0 Å². The Hall–Kier alpha value is -2.28. The lowest BCUT2D eigenvalue weighted by Gasteiger charge is -2.04. The van der Waals surface area contributed by atoms with Crippen LogP contribution in [0.25, 0.3) is 23.0 Å². The lowest BCUT2D eigenvalue weighted by molar-refractivity contribution is 0.761. The topological polar surface area (TPSA) is 74.3 Å². The molecule has 8 heteroatoms. The van der Waals surface area contributed by atoms with Gasteiger partial charge in [-0.2, -0.15) is 20.2 Å². The van der Waals surface area contributed by atoms with E-state index in [1.165, 1.54) is 0 Å². The van der Waals surface area contributed by atoms with Crippen molar-refractivity contribution in [3.63, 3.8) is 0 Å². The molecule has 0 spiro atoms. The van der Waals surface area contributed by atoms with Gasteiger partial charge < -0.3 is 0 Å². The first-order valence-corrected chi connectivity index (χ1v) is 5.91. The van der Waals surface area contributed by atoms with Crippen LogP contribution in [-0.2, 0) is 14.1 Å². The van der Waals surface area contributed by atoms with Gasteiger partial charge in [0, 0.05) is 26.5 Å². The Morgan fingerprint density at radius 1 is 0.842 bits per heavy atom. The van der Waals surface area contributed by atoms with Crippen molar-refractivity contribution in [2.24, 2.45) is 14.1 Å². The van der Waals surface area contributed by atoms with Crippen molar-refractivity contribution < 1.29 is 0 Å². The smallest absolute Gasteiger partial charge is 0.226 e. The maximum absolute atomic E-state index is 5.97. The van der Waals surface area contributed by atoms with E-state index >= 15 is 0 Å². The molecule has 0 aliphatic rings. The van der Waals surface area contributed by atoms with Gasteiger partial charge in [-0.15, -0.1) is 0 Å². The first kappa shape index (κ1) is 11.8. The second-order valence-electron chi connectivity index (χ2n) is 3.93. The molecule has 96 valence electrons. The standard InChI is InChI=1S/C11H10ClN7/c1-18-7(3-5-13-18)9-15-10(17-11(12)16-9)8-4-6-14-19(8)2/h3-6H,1-2H3. The van der Waals surface area contributed by atoms with Gasteiger partial charge in [-0.25, -0.2) is 4.98 Å². The fraction of sp³-hybridized carbons (Fsp3) is 0.182. The Bertz CT molecular complexity index is 672. The Kier molecular flexibility index (Phi) is 2.75. The van der Waals surface area contributed by atoms with Crippen molar-refractivity contribution in [2.75, 3.05) is 0 Å². The quantitative estimate of drug-likeness (QED) is 0.705. The van der Waals surface area contributed by atoms with Crippen molar-refractivity contribution in [3.05, 3.63) is 29.8 Å². The van der Waals surface area contributed by atoms with Crippen molar-refractivity contribution in [1.29, 1.82) is 0 Å². The molecule has 0 unspecified atom stereocenters. The highest BCUT2D eigenvalue weighted by Gasteiger charge is 2.13. The summed E-state index contributed by atoms with van der Waals surface area (Å²) in [5.74, 6) is 0.965. The molecule has 0 aliphatic heterocycles. The van der Waals surface area contributed by atoms with E-state index in [2.05, 4.69) is 25.1 Å². The summed E-state index contributed by atoms with van der Waals surface area (Å²) in [6.45, 7) is 0. The fourth-order valence-corrected chi connectivity index (χ4v) is 1.93. The number of nitrogens with zero attached hydrogens (tertiary/aromatic N) is 7. The summed E-state index contributed by atoms with van der Waals surface area (Å²) >= 11 is 5.97. The molecule has 19 heavy (non-hydrogen) atoms. The SMILES string of the molecule is Cn1nccc1-c1nc(Cl)nc(-c2ccnn2C)n1. The van der Waals surface area contributed by atoms with E-state index in [1.54, 1.807) is 21.8 Å². The molecule has 0 N–H and O–H groups in total. The van der Waals surface area contributed by atoms with Crippen LogP contribution < -0.4 is 0 Å². The molecular weight excluding hydrogens is 266 g/mol. The summed E-state index contributed by atoms with van der Waals surface area (Å²) in [5.41, 5.74) is 1.54. The maximum Gasteiger partial charge on any atom is 0.226 e. The summed E-state index contributed by atoms with van der Waals surface area (Å²) in [7, 11) is 3.63. The van der Waals surface area contributed by atoms with Crippen LogP contribution in [0, 0.1) is 0 Å². The Morgan fingerprint density at radius 3 is 1.68 bits per heavy atom. The van der Waals surface area contributed by atoms with Gasteiger partial charge in [0.1, 0.15) is 11.4 Å². The minimum atomic E-state index is 0.141. The van der Waals surface area contributed by atoms with Crippen molar-refractivity contribution >= 4 is 11.6 Å². The predicted octanol–water partition coefficient (Wildman–Crippen LogP) is 1.33. The van der Waals surface area contributed by atoms with Gasteiger partial charge in [0.05, 0.1) is 0 Å². The van der Waals surface area contributed by atoms with Gasteiger partial charge in [0.25, 0.3) is 0 Å². The van der Waals surface area contributed by atoms with E-state index < -0.39 is 0 Å². The van der Waals surface area contributed by atoms with Crippen LogP contribution >= 0.6 is 11.6 Å². The second-order valence-corrected chi connectivity index (χ2v) is 4.27. The maximum atomic E-state index is 5.97. The zero-order valence-corrected chi connectivity index (χ0v) is 11.1. The van der Waals surface area contributed by atoms with Gasteiger partial charge in [-0.3, -0.25) is 9.36 Å². The van der Waals surface area contributed by atoms with Crippen LogP contribution in [0.15, 0.2) is 24.5 Å². The third kappa shape index (κ3) is 2.08. The van der Waals surface area contributed by atoms with E-state index in [0.29, 0.717) is 11.6 Å². The summed E-state index contributed by atoms with van der Waals surface area (Å²) < 4.78 is 3.36. The van der Waals surface area contributed by atoms with Crippen LogP contribution in [0.5, 0.6) is 0 Å². The number of rotatable bonds is 2. The minimum absolute atomic E-state index is 0.141. The molecule has 0 aromatic carbocycles. The van der Waals surface area contributed by atoms with Crippen LogP contribution in [0.2, 0.25) is 5.28 Å². The molecule has 3 aromatic rings. The van der Waals surface area contributed by atoms with Crippen molar-refractivity contribution in [1.82, 2.24) is 34.5 Å². The summed E-state index contributed by atoms with van der Waals surface area (Å²) in [4.78, 5) is 12.7. The number of hydrogen-bond donors (Lipinski definition) is 0. The van der Waals surface area contributed by atoms with Gasteiger partial charge in [0.15, 0.2) is 11.6 Å². The molecule has 7 nitrogen and oxygen atoms in total. The minimum Gasteiger partial charge on any atom is -0.265 e. The highest BCUT2D eigenvalue weighted by Crippen LogP contribution is 2.20. The van der Waals surface area contributed by atoms with E-state index in [1.807, 2.05) is 26.2 Å². The van der Waals surface area contributed by atoms with Crippen LogP contribution in [-0.4, -0.2) is 34.5 Å². The monoisotopic (exact) mass is 275 g/mol. The summed E-state index contributed by atoms with van der Waals surface area (Å²) in [5, 5.41) is 8.32. The van der Waals surface area contributed by atoms with E-state index in [-0.39, 0.29) is 5.28 Å². The van der Waals surface area contributed by atoms with Gasteiger partial charge in [0.2, 0.25) is 5.28 Å². The number of hydrogen-bond acceptors (Lipinski definition) is 5. The van der Waals surface area contributed by atoms with Crippen LogP contribution in [0.4, 0.5) is 0 Å². The van der Waals surface area contributed by atoms with Crippen LogP contribution in [0.3, 0.4) is 0 Å². The lowest BCUT2D eigenvalue weighted by Crippen LogP contribution is -2.03. The highest BCUT2D eigenvalue weighted by molar-refractivity contribution is 6.28. The molecule has 0 radical (unpaired) electrons. The Balaban J connectivity index is 2.17. The van der Waals surface area contributed by atoms with E-state index in [9.17, 15) is 0 Å². The lowest BCUT2D eigenvalue weighted by atomic mass is 10.3. The average molecular weight is 276 g/mol. The van der Waals surface area contributed by atoms with E-state index in [4.69, 9.17) is 11.6 Å². The van der Waals surface area contributed by atoms with Crippen molar-refractivity contribution in [2.45, 2.75) is 0 Å². The highest BCUT2D eigenvalue weighted by atomic mass is 35.5. The van der Waals surface area contributed by atoms with Gasteiger partial charge in [-0.1, -0.05) is 0 Å². The number of aryl methyl sites for hydroxylation is 2. The Labute approximate surface area is 113 Å². The Morgan fingerprint density at radius 2 is 1.32 bits per heavy atom. The molecule has 0 atom stereocenters. The van der Waals surface area contributed by atoms with Gasteiger partial charge >= 0.3 is 0 Å². The molecule has 0 amide bonds. The molecular formula is C11H10ClN7. The van der Waals surface area contributed by atoms with Crippen LogP contribution in [0.1, 0.15) is 0 Å².